The summed E-state index contributed by atoms with van der Waals surface area (Å²) in [5, 5.41) is 14.5. The molecule has 0 unspecified atom stereocenters. The molecule has 4 aromatic rings. The Bertz CT molecular complexity index is 1520. The van der Waals surface area contributed by atoms with Crippen LogP contribution in [0.3, 0.4) is 0 Å². The van der Waals surface area contributed by atoms with Crippen LogP contribution in [0.1, 0.15) is 51.7 Å². The Balaban J connectivity index is 1.29. The van der Waals surface area contributed by atoms with E-state index in [0.717, 1.165) is 29.7 Å². The van der Waals surface area contributed by atoms with Gasteiger partial charge in [0.2, 0.25) is 5.88 Å². The second kappa shape index (κ2) is 9.00. The lowest BCUT2D eigenvalue weighted by Gasteiger charge is -2.11. The summed E-state index contributed by atoms with van der Waals surface area (Å²) < 4.78 is 17.7. The number of carboxylic acids is 1. The van der Waals surface area contributed by atoms with Crippen molar-refractivity contribution in [1.82, 2.24) is 10.1 Å². The summed E-state index contributed by atoms with van der Waals surface area (Å²) in [5.74, 6) is 1.39. The first-order valence-electron chi connectivity index (χ1n) is 11.3. The number of hydrogen-bond donors (Lipinski definition) is 1. The number of ether oxygens (including phenoxy) is 2. The number of rotatable bonds is 6. The standard InChI is InChI=1S/C27H18Cl2N2O5/c28-18-2-1-3-19(29)24(18)25-17(26(36-31-25)15-5-6-15)13-34-23-11-10-21-20(30-23)9-8-14-4-7-16(27(32)33)12-22(14)35-21/h1-4,7-12,15H,5-6,13H2,(H,32,33). The van der Waals surface area contributed by atoms with Gasteiger partial charge in [0, 0.05) is 23.1 Å². The fraction of sp³-hybridized carbons (Fsp3) is 0.148. The molecule has 0 radical (unpaired) electrons. The summed E-state index contributed by atoms with van der Waals surface area (Å²) in [4.78, 5) is 15.9. The van der Waals surface area contributed by atoms with Gasteiger partial charge in [0.1, 0.15) is 29.5 Å². The number of hydrogen-bond acceptors (Lipinski definition) is 6. The molecular formula is C27H18Cl2N2O5. The molecule has 2 aliphatic rings. The van der Waals surface area contributed by atoms with Gasteiger partial charge in [0.15, 0.2) is 5.75 Å². The fourth-order valence-electron chi connectivity index (χ4n) is 4.10. The maximum absolute atomic E-state index is 11.3. The molecule has 0 atom stereocenters. The molecule has 1 aliphatic carbocycles. The molecular weight excluding hydrogens is 503 g/mol. The number of halogens is 2. The number of aromatic carboxylic acids is 1. The van der Waals surface area contributed by atoms with Crippen LogP contribution in [0.2, 0.25) is 10.0 Å². The van der Waals surface area contributed by atoms with Crippen LogP contribution in [0.5, 0.6) is 17.4 Å². The largest absolute Gasteiger partial charge is 0.478 e. The van der Waals surface area contributed by atoms with E-state index >= 15 is 0 Å². The van der Waals surface area contributed by atoms with Crippen molar-refractivity contribution < 1.29 is 23.9 Å². The molecule has 0 spiro atoms. The zero-order valence-electron chi connectivity index (χ0n) is 18.7. The van der Waals surface area contributed by atoms with Crippen LogP contribution in [0, 0.1) is 0 Å². The molecule has 1 aliphatic heterocycles. The van der Waals surface area contributed by atoms with E-state index in [1.165, 1.54) is 12.1 Å². The Labute approximate surface area is 215 Å². The zero-order valence-corrected chi connectivity index (χ0v) is 20.2. The molecule has 3 heterocycles. The van der Waals surface area contributed by atoms with Crippen molar-refractivity contribution >= 4 is 41.3 Å². The molecule has 6 rings (SSSR count). The molecule has 0 saturated heterocycles. The average molecular weight is 521 g/mol. The smallest absolute Gasteiger partial charge is 0.335 e. The highest BCUT2D eigenvalue weighted by molar-refractivity contribution is 6.39. The van der Waals surface area contributed by atoms with Gasteiger partial charge in [-0.05, 0) is 55.3 Å². The lowest BCUT2D eigenvalue weighted by atomic mass is 10.0. The van der Waals surface area contributed by atoms with Gasteiger partial charge in [-0.25, -0.2) is 9.78 Å². The van der Waals surface area contributed by atoms with Gasteiger partial charge < -0.3 is 19.1 Å². The van der Waals surface area contributed by atoms with Crippen molar-refractivity contribution in [2.45, 2.75) is 25.4 Å². The Morgan fingerprint density at radius 2 is 1.86 bits per heavy atom. The molecule has 0 amide bonds. The predicted molar refractivity (Wildman–Crippen MR) is 135 cm³/mol. The number of fused-ring (bicyclic) bond motifs is 2. The van der Waals surface area contributed by atoms with Crippen LogP contribution in [0.15, 0.2) is 53.1 Å². The quantitative estimate of drug-likeness (QED) is 0.248. The molecule has 0 bridgehead atoms. The van der Waals surface area contributed by atoms with E-state index < -0.39 is 5.97 Å². The second-order valence-electron chi connectivity index (χ2n) is 8.56. The lowest BCUT2D eigenvalue weighted by Crippen LogP contribution is -2.02. The summed E-state index contributed by atoms with van der Waals surface area (Å²) in [6.45, 7) is 0.171. The van der Waals surface area contributed by atoms with Crippen molar-refractivity contribution in [2.75, 3.05) is 0 Å². The van der Waals surface area contributed by atoms with Crippen molar-refractivity contribution in [2.24, 2.45) is 0 Å². The zero-order chi connectivity index (χ0) is 24.8. The van der Waals surface area contributed by atoms with E-state index in [9.17, 15) is 9.90 Å². The third-order valence-electron chi connectivity index (χ3n) is 6.09. The molecule has 1 fully saturated rings. The summed E-state index contributed by atoms with van der Waals surface area (Å²) in [6.07, 6.45) is 5.69. The van der Waals surface area contributed by atoms with Crippen molar-refractivity contribution in [3.8, 4) is 28.6 Å². The van der Waals surface area contributed by atoms with Crippen molar-refractivity contribution in [3.05, 3.63) is 86.7 Å². The van der Waals surface area contributed by atoms with Crippen molar-refractivity contribution in [3.63, 3.8) is 0 Å². The van der Waals surface area contributed by atoms with Crippen LogP contribution >= 0.6 is 23.2 Å². The van der Waals surface area contributed by atoms with Crippen LogP contribution in [0.25, 0.3) is 23.4 Å². The monoisotopic (exact) mass is 520 g/mol. The first-order chi connectivity index (χ1) is 17.5. The SMILES string of the molecule is O=C(O)c1ccc2c(c1)Oc1ccc(OCc3c(-c4c(Cl)cccc4Cl)noc3C3CC3)nc1C=C2. The van der Waals surface area contributed by atoms with Crippen molar-refractivity contribution in [1.29, 1.82) is 0 Å². The van der Waals surface area contributed by atoms with Crippen LogP contribution in [-0.2, 0) is 6.61 Å². The molecule has 1 N–H and O–H groups in total. The van der Waals surface area contributed by atoms with Gasteiger partial charge in [-0.15, -0.1) is 0 Å². The van der Waals surface area contributed by atoms with E-state index in [1.54, 1.807) is 42.5 Å². The van der Waals surface area contributed by atoms with E-state index in [2.05, 4.69) is 10.1 Å². The molecule has 7 nitrogen and oxygen atoms in total. The third-order valence-corrected chi connectivity index (χ3v) is 6.72. The van der Waals surface area contributed by atoms with E-state index in [0.29, 0.717) is 50.3 Å². The maximum atomic E-state index is 11.3. The summed E-state index contributed by atoms with van der Waals surface area (Å²) in [7, 11) is 0. The van der Waals surface area contributed by atoms with Crippen LogP contribution < -0.4 is 9.47 Å². The second-order valence-corrected chi connectivity index (χ2v) is 9.37. The Morgan fingerprint density at radius 1 is 1.06 bits per heavy atom. The highest BCUT2D eigenvalue weighted by atomic mass is 35.5. The van der Waals surface area contributed by atoms with Crippen LogP contribution in [0.4, 0.5) is 0 Å². The summed E-state index contributed by atoms with van der Waals surface area (Å²) >= 11 is 12.9. The Kier molecular flexibility index (Phi) is 5.66. The molecule has 2 aromatic carbocycles. The average Bonchev–Trinajstić information content (AvgIpc) is 3.65. The minimum atomic E-state index is -1.02. The number of carboxylic acid groups (broad SMARTS) is 1. The molecule has 2 aromatic heterocycles. The summed E-state index contributed by atoms with van der Waals surface area (Å²) in [6, 6.07) is 13.5. The fourth-order valence-corrected chi connectivity index (χ4v) is 4.68. The predicted octanol–water partition coefficient (Wildman–Crippen LogP) is 7.47. The third kappa shape index (κ3) is 4.21. The summed E-state index contributed by atoms with van der Waals surface area (Å²) in [5.41, 5.74) is 3.43. The minimum absolute atomic E-state index is 0.146. The van der Waals surface area contributed by atoms with E-state index in [4.69, 9.17) is 37.2 Å². The molecule has 9 heteroatoms. The van der Waals surface area contributed by atoms with Gasteiger partial charge in [-0.2, -0.15) is 0 Å². The van der Waals surface area contributed by atoms with Gasteiger partial charge >= 0.3 is 5.97 Å². The Morgan fingerprint density at radius 3 is 2.61 bits per heavy atom. The number of pyridine rings is 1. The number of benzene rings is 2. The highest BCUT2D eigenvalue weighted by Gasteiger charge is 2.33. The van der Waals surface area contributed by atoms with Crippen LogP contribution in [-0.4, -0.2) is 21.2 Å². The topological polar surface area (TPSA) is 94.7 Å². The maximum Gasteiger partial charge on any atom is 0.335 e. The number of nitrogens with zero attached hydrogens (tertiary/aromatic N) is 2. The van der Waals surface area contributed by atoms with E-state index in [-0.39, 0.29) is 12.2 Å². The number of carbonyl (C=O) groups is 1. The minimum Gasteiger partial charge on any atom is -0.478 e. The Hall–Kier alpha value is -3.81. The highest BCUT2D eigenvalue weighted by Crippen LogP contribution is 2.46. The van der Waals surface area contributed by atoms with Gasteiger partial charge in [-0.3, -0.25) is 0 Å². The van der Waals surface area contributed by atoms with Gasteiger partial charge in [0.05, 0.1) is 21.2 Å². The molecule has 36 heavy (non-hydrogen) atoms. The number of aromatic nitrogens is 2. The normalized spacial score (nSPS) is 13.9. The lowest BCUT2D eigenvalue weighted by molar-refractivity contribution is 0.0696. The van der Waals surface area contributed by atoms with E-state index in [1.807, 2.05) is 6.08 Å². The van der Waals surface area contributed by atoms with Gasteiger partial charge in [-0.1, -0.05) is 40.5 Å². The molecule has 1 saturated carbocycles. The first-order valence-corrected chi connectivity index (χ1v) is 12.0. The first kappa shape index (κ1) is 22.6. The molecule has 180 valence electrons. The van der Waals surface area contributed by atoms with Gasteiger partial charge in [0.25, 0.3) is 0 Å².